The minimum atomic E-state index is 0.413. The minimum absolute atomic E-state index is 0.413. The quantitative estimate of drug-likeness (QED) is 0.752. The molecule has 0 aliphatic heterocycles. The molecule has 3 heteroatoms. The van der Waals surface area contributed by atoms with E-state index < -0.39 is 0 Å². The monoisotopic (exact) mass is 236 g/mol. The highest BCUT2D eigenvalue weighted by molar-refractivity contribution is 5.46. The van der Waals surface area contributed by atoms with Crippen LogP contribution in [-0.4, -0.2) is 32.8 Å². The largest absolute Gasteiger partial charge is 0.383 e. The van der Waals surface area contributed by atoms with Gasteiger partial charge in [-0.3, -0.25) is 0 Å². The zero-order chi connectivity index (χ0) is 12.5. The van der Waals surface area contributed by atoms with E-state index in [0.717, 1.165) is 32.5 Å². The number of nitrogens with two attached hydrogens (primary N) is 1. The average molecular weight is 236 g/mol. The number of hydrogen-bond acceptors (Lipinski definition) is 3. The first kappa shape index (κ1) is 14.0. The molecule has 0 bridgehead atoms. The van der Waals surface area contributed by atoms with Crippen LogP contribution in [0.1, 0.15) is 19.8 Å². The Balaban J connectivity index is 2.73. The Hall–Kier alpha value is -1.06. The maximum absolute atomic E-state index is 5.59. The summed E-state index contributed by atoms with van der Waals surface area (Å²) < 4.78 is 5.32. The van der Waals surface area contributed by atoms with Gasteiger partial charge in [-0.25, -0.2) is 0 Å². The van der Waals surface area contributed by atoms with Crippen LogP contribution >= 0.6 is 0 Å². The van der Waals surface area contributed by atoms with Gasteiger partial charge < -0.3 is 15.4 Å². The van der Waals surface area contributed by atoms with Crippen molar-refractivity contribution in [3.63, 3.8) is 0 Å². The van der Waals surface area contributed by atoms with E-state index in [0.29, 0.717) is 6.04 Å². The molecule has 2 N–H and O–H groups in total. The minimum Gasteiger partial charge on any atom is -0.383 e. The molecule has 1 aromatic rings. The van der Waals surface area contributed by atoms with Crippen molar-refractivity contribution in [3.8, 4) is 0 Å². The van der Waals surface area contributed by atoms with Crippen LogP contribution in [0.4, 0.5) is 5.69 Å². The maximum Gasteiger partial charge on any atom is 0.0666 e. The van der Waals surface area contributed by atoms with Gasteiger partial charge in [-0.15, -0.1) is 0 Å². The highest BCUT2D eigenvalue weighted by atomic mass is 16.5. The SMILES string of the molecule is CCN(c1ccccc1)C(CCCN)COC. The number of rotatable bonds is 8. The van der Waals surface area contributed by atoms with E-state index in [1.165, 1.54) is 5.69 Å². The number of para-hydroxylation sites is 1. The van der Waals surface area contributed by atoms with Crippen LogP contribution in [0.25, 0.3) is 0 Å². The van der Waals surface area contributed by atoms with Crippen LogP contribution in [0.5, 0.6) is 0 Å². The van der Waals surface area contributed by atoms with E-state index in [1.54, 1.807) is 7.11 Å². The zero-order valence-corrected chi connectivity index (χ0v) is 10.9. The van der Waals surface area contributed by atoms with E-state index >= 15 is 0 Å². The van der Waals surface area contributed by atoms with E-state index in [-0.39, 0.29) is 0 Å². The van der Waals surface area contributed by atoms with Crippen LogP contribution in [0, 0.1) is 0 Å². The van der Waals surface area contributed by atoms with Crippen molar-refractivity contribution in [2.45, 2.75) is 25.8 Å². The third-order valence-electron chi connectivity index (χ3n) is 2.97. The summed E-state index contributed by atoms with van der Waals surface area (Å²) in [5, 5.41) is 0. The molecule has 1 atom stereocenters. The number of anilines is 1. The predicted molar refractivity (Wildman–Crippen MR) is 73.4 cm³/mol. The molecule has 0 heterocycles. The summed E-state index contributed by atoms with van der Waals surface area (Å²) in [6.45, 7) is 4.66. The second kappa shape index (κ2) is 8.09. The van der Waals surface area contributed by atoms with Gasteiger partial charge in [0.1, 0.15) is 0 Å². The lowest BCUT2D eigenvalue weighted by Gasteiger charge is -2.32. The number of hydrogen-bond donors (Lipinski definition) is 1. The summed E-state index contributed by atoms with van der Waals surface area (Å²) in [4.78, 5) is 2.39. The number of benzene rings is 1. The summed E-state index contributed by atoms with van der Waals surface area (Å²) >= 11 is 0. The fraction of sp³-hybridized carbons (Fsp3) is 0.571. The summed E-state index contributed by atoms with van der Waals surface area (Å²) in [6, 6.07) is 10.9. The molecule has 1 unspecified atom stereocenters. The van der Waals surface area contributed by atoms with Crippen LogP contribution < -0.4 is 10.6 Å². The van der Waals surface area contributed by atoms with Crippen molar-refractivity contribution in [2.24, 2.45) is 5.73 Å². The molecule has 1 rings (SSSR count). The smallest absolute Gasteiger partial charge is 0.0666 e. The van der Waals surface area contributed by atoms with Crippen molar-refractivity contribution >= 4 is 5.69 Å². The fourth-order valence-corrected chi connectivity index (χ4v) is 2.15. The Morgan fingerprint density at radius 1 is 1.29 bits per heavy atom. The molecular weight excluding hydrogens is 212 g/mol. The average Bonchev–Trinajstić information content (AvgIpc) is 2.38. The van der Waals surface area contributed by atoms with Gasteiger partial charge in [0.25, 0.3) is 0 Å². The lowest BCUT2D eigenvalue weighted by Crippen LogP contribution is -2.38. The molecule has 17 heavy (non-hydrogen) atoms. The van der Waals surface area contributed by atoms with E-state index in [4.69, 9.17) is 10.5 Å². The number of likely N-dealkylation sites (N-methyl/N-ethyl adjacent to an activating group) is 1. The van der Waals surface area contributed by atoms with Crippen LogP contribution in [0.15, 0.2) is 30.3 Å². The third-order valence-corrected chi connectivity index (χ3v) is 2.97. The first-order valence-electron chi connectivity index (χ1n) is 6.34. The molecule has 0 fully saturated rings. The number of nitrogens with zero attached hydrogens (tertiary/aromatic N) is 1. The van der Waals surface area contributed by atoms with Gasteiger partial charge in [0.05, 0.1) is 12.6 Å². The summed E-state index contributed by atoms with van der Waals surface area (Å²) in [6.07, 6.45) is 2.12. The van der Waals surface area contributed by atoms with Gasteiger partial charge >= 0.3 is 0 Å². The Bertz CT molecular complexity index is 290. The third kappa shape index (κ3) is 4.36. The molecule has 1 aromatic carbocycles. The Morgan fingerprint density at radius 3 is 2.53 bits per heavy atom. The van der Waals surface area contributed by atoms with Gasteiger partial charge in [-0.1, -0.05) is 18.2 Å². The highest BCUT2D eigenvalue weighted by Crippen LogP contribution is 2.18. The van der Waals surface area contributed by atoms with Crippen molar-refractivity contribution in [3.05, 3.63) is 30.3 Å². The lowest BCUT2D eigenvalue weighted by molar-refractivity contribution is 0.172. The fourth-order valence-electron chi connectivity index (χ4n) is 2.15. The van der Waals surface area contributed by atoms with Crippen LogP contribution in [0.2, 0.25) is 0 Å². The van der Waals surface area contributed by atoms with Gasteiger partial charge in [0.2, 0.25) is 0 Å². The molecular formula is C14H24N2O. The van der Waals surface area contributed by atoms with Crippen molar-refractivity contribution in [1.29, 1.82) is 0 Å². The van der Waals surface area contributed by atoms with Crippen LogP contribution in [-0.2, 0) is 4.74 Å². The predicted octanol–water partition coefficient (Wildman–Crippen LogP) is 2.27. The van der Waals surface area contributed by atoms with E-state index in [2.05, 4.69) is 36.1 Å². The van der Waals surface area contributed by atoms with Crippen molar-refractivity contribution in [1.82, 2.24) is 0 Å². The summed E-state index contributed by atoms with van der Waals surface area (Å²) in [5.74, 6) is 0. The molecule has 96 valence electrons. The number of ether oxygens (including phenoxy) is 1. The number of methoxy groups -OCH3 is 1. The molecule has 0 saturated carbocycles. The highest BCUT2D eigenvalue weighted by Gasteiger charge is 2.16. The lowest BCUT2D eigenvalue weighted by atomic mass is 10.1. The van der Waals surface area contributed by atoms with Gasteiger partial charge in [-0.05, 0) is 38.4 Å². The van der Waals surface area contributed by atoms with E-state index in [1.807, 2.05) is 6.07 Å². The topological polar surface area (TPSA) is 38.5 Å². The standard InChI is InChI=1S/C14H24N2O/c1-3-16(13-8-5-4-6-9-13)14(12-17-2)10-7-11-15/h4-6,8-9,14H,3,7,10-12,15H2,1-2H3. The Kier molecular flexibility index (Phi) is 6.67. The molecule has 3 nitrogen and oxygen atoms in total. The van der Waals surface area contributed by atoms with Gasteiger partial charge in [0.15, 0.2) is 0 Å². The molecule has 0 radical (unpaired) electrons. The molecule has 0 spiro atoms. The molecule has 0 amide bonds. The van der Waals surface area contributed by atoms with E-state index in [9.17, 15) is 0 Å². The summed E-state index contributed by atoms with van der Waals surface area (Å²) in [7, 11) is 1.76. The molecule has 0 aliphatic carbocycles. The second-order valence-corrected chi connectivity index (χ2v) is 4.16. The van der Waals surface area contributed by atoms with Crippen molar-refractivity contribution in [2.75, 3.05) is 31.7 Å². The normalized spacial score (nSPS) is 12.4. The van der Waals surface area contributed by atoms with Gasteiger partial charge in [-0.2, -0.15) is 0 Å². The first-order chi connectivity index (χ1) is 8.33. The molecule has 0 saturated heterocycles. The molecule has 0 aromatic heterocycles. The summed E-state index contributed by atoms with van der Waals surface area (Å²) in [5.41, 5.74) is 6.85. The van der Waals surface area contributed by atoms with Gasteiger partial charge in [0, 0.05) is 19.3 Å². The zero-order valence-electron chi connectivity index (χ0n) is 10.9. The van der Waals surface area contributed by atoms with Crippen LogP contribution in [0.3, 0.4) is 0 Å². The maximum atomic E-state index is 5.59. The Morgan fingerprint density at radius 2 is 2.00 bits per heavy atom. The molecule has 0 aliphatic rings. The first-order valence-corrected chi connectivity index (χ1v) is 6.34. The van der Waals surface area contributed by atoms with Crippen molar-refractivity contribution < 1.29 is 4.74 Å². The Labute approximate surface area is 105 Å². The second-order valence-electron chi connectivity index (χ2n) is 4.16.